The number of nitrogens with zero attached hydrogens (tertiary/aromatic N) is 4. The van der Waals surface area contributed by atoms with E-state index in [-0.39, 0.29) is 11.6 Å². The van der Waals surface area contributed by atoms with Crippen LogP contribution in [0.4, 0.5) is 6.01 Å². The van der Waals surface area contributed by atoms with Gasteiger partial charge in [-0.25, -0.2) is 4.98 Å². The highest BCUT2D eigenvalue weighted by molar-refractivity contribution is 7.08. The predicted octanol–water partition coefficient (Wildman–Crippen LogP) is 3.09. The standard InChI is InChI=1S/C18H15N5O3S/c1-3-23-8-13(14(24)12-5-4-10(2)19-15(12)23)16(25)20-18-22-21-17(26-18)11-6-7-27-9-11/h4-9H,3H2,1-2H3,(H,20,22,25). The molecule has 0 aromatic carbocycles. The minimum atomic E-state index is -0.606. The number of aryl methyl sites for hydroxylation is 2. The second-order valence-corrected chi connectivity index (χ2v) is 6.64. The molecule has 0 fully saturated rings. The molecule has 4 aromatic heterocycles. The van der Waals surface area contributed by atoms with Gasteiger partial charge in [-0.15, -0.1) is 5.10 Å². The summed E-state index contributed by atoms with van der Waals surface area (Å²) >= 11 is 1.50. The fourth-order valence-electron chi connectivity index (χ4n) is 2.70. The van der Waals surface area contributed by atoms with E-state index in [0.29, 0.717) is 23.5 Å². The average molecular weight is 381 g/mol. The summed E-state index contributed by atoms with van der Waals surface area (Å²) in [6, 6.07) is 5.20. The highest BCUT2D eigenvalue weighted by Crippen LogP contribution is 2.22. The molecule has 0 bridgehead atoms. The molecule has 8 nitrogen and oxygen atoms in total. The molecule has 136 valence electrons. The number of hydrogen-bond donors (Lipinski definition) is 1. The number of rotatable bonds is 4. The van der Waals surface area contributed by atoms with Crippen molar-refractivity contribution in [3.63, 3.8) is 0 Å². The van der Waals surface area contributed by atoms with Crippen LogP contribution in [-0.2, 0) is 6.54 Å². The van der Waals surface area contributed by atoms with E-state index in [2.05, 4.69) is 20.5 Å². The average Bonchev–Trinajstić information content (AvgIpc) is 3.33. The van der Waals surface area contributed by atoms with Crippen LogP contribution in [0.2, 0.25) is 0 Å². The summed E-state index contributed by atoms with van der Waals surface area (Å²) in [4.78, 5) is 29.8. The number of aromatic nitrogens is 4. The number of carbonyl (C=O) groups is 1. The van der Waals surface area contributed by atoms with Gasteiger partial charge in [0.05, 0.1) is 5.39 Å². The number of carbonyl (C=O) groups excluding carboxylic acids is 1. The number of anilines is 1. The maximum atomic E-state index is 12.8. The summed E-state index contributed by atoms with van der Waals surface area (Å²) in [7, 11) is 0. The fourth-order valence-corrected chi connectivity index (χ4v) is 3.33. The normalized spacial score (nSPS) is 11.0. The van der Waals surface area contributed by atoms with Crippen molar-refractivity contribution in [2.45, 2.75) is 20.4 Å². The lowest BCUT2D eigenvalue weighted by Gasteiger charge is -2.10. The van der Waals surface area contributed by atoms with Gasteiger partial charge in [-0.2, -0.15) is 11.3 Å². The van der Waals surface area contributed by atoms with E-state index in [1.807, 2.05) is 30.7 Å². The van der Waals surface area contributed by atoms with Crippen molar-refractivity contribution in [1.29, 1.82) is 0 Å². The SMILES string of the molecule is CCn1cc(C(=O)Nc2nnc(-c3ccsc3)o2)c(=O)c2ccc(C)nc21. The third-order valence-corrected chi connectivity index (χ3v) is 4.74. The van der Waals surface area contributed by atoms with Crippen LogP contribution < -0.4 is 10.7 Å². The van der Waals surface area contributed by atoms with Crippen LogP contribution in [0.1, 0.15) is 23.0 Å². The third-order valence-electron chi connectivity index (χ3n) is 4.06. The first-order valence-corrected chi connectivity index (χ1v) is 9.19. The maximum Gasteiger partial charge on any atom is 0.322 e. The van der Waals surface area contributed by atoms with Gasteiger partial charge in [0.1, 0.15) is 11.2 Å². The Balaban J connectivity index is 1.70. The van der Waals surface area contributed by atoms with Crippen LogP contribution in [0.15, 0.2) is 44.4 Å². The Morgan fingerprint density at radius 3 is 2.89 bits per heavy atom. The van der Waals surface area contributed by atoms with Crippen molar-refractivity contribution in [2.24, 2.45) is 0 Å². The van der Waals surface area contributed by atoms with E-state index in [9.17, 15) is 9.59 Å². The summed E-state index contributed by atoms with van der Waals surface area (Å²) in [6.07, 6.45) is 1.50. The van der Waals surface area contributed by atoms with E-state index in [1.54, 1.807) is 16.7 Å². The molecular weight excluding hydrogens is 366 g/mol. The van der Waals surface area contributed by atoms with E-state index in [1.165, 1.54) is 17.5 Å². The number of thiophene rings is 1. The van der Waals surface area contributed by atoms with E-state index in [4.69, 9.17) is 4.42 Å². The Morgan fingerprint density at radius 2 is 2.15 bits per heavy atom. The first-order chi connectivity index (χ1) is 13.1. The molecule has 0 aliphatic rings. The first kappa shape index (κ1) is 17.1. The van der Waals surface area contributed by atoms with Crippen LogP contribution in [-0.4, -0.2) is 25.7 Å². The first-order valence-electron chi connectivity index (χ1n) is 8.25. The molecule has 4 rings (SSSR count). The largest absolute Gasteiger partial charge is 0.403 e. The lowest BCUT2D eigenvalue weighted by atomic mass is 10.1. The van der Waals surface area contributed by atoms with Crippen molar-refractivity contribution in [2.75, 3.05) is 5.32 Å². The Labute approximate surface area is 157 Å². The minimum Gasteiger partial charge on any atom is -0.403 e. The van der Waals surface area contributed by atoms with Gasteiger partial charge in [0.15, 0.2) is 0 Å². The van der Waals surface area contributed by atoms with E-state index in [0.717, 1.165) is 11.3 Å². The van der Waals surface area contributed by atoms with Crippen LogP contribution in [0, 0.1) is 6.92 Å². The number of pyridine rings is 2. The van der Waals surface area contributed by atoms with Crippen LogP contribution in [0.5, 0.6) is 0 Å². The third kappa shape index (κ3) is 3.13. The smallest absolute Gasteiger partial charge is 0.322 e. The zero-order chi connectivity index (χ0) is 19.0. The molecule has 0 unspecified atom stereocenters. The van der Waals surface area contributed by atoms with Crippen LogP contribution >= 0.6 is 11.3 Å². The molecule has 0 saturated heterocycles. The Hall–Kier alpha value is -3.33. The Kier molecular flexibility index (Phi) is 4.28. The minimum absolute atomic E-state index is 0.00899. The molecule has 0 spiro atoms. The highest BCUT2D eigenvalue weighted by atomic mass is 32.1. The number of fused-ring (bicyclic) bond motifs is 1. The Bertz CT molecular complexity index is 1190. The molecule has 0 atom stereocenters. The van der Waals surface area contributed by atoms with Gasteiger partial charge in [-0.3, -0.25) is 14.9 Å². The van der Waals surface area contributed by atoms with Gasteiger partial charge in [-0.1, -0.05) is 5.10 Å². The zero-order valence-corrected chi connectivity index (χ0v) is 15.4. The van der Waals surface area contributed by atoms with Gasteiger partial charge < -0.3 is 8.98 Å². The maximum absolute atomic E-state index is 12.8. The molecule has 0 radical (unpaired) electrons. The van der Waals surface area contributed by atoms with Gasteiger partial charge in [0, 0.05) is 29.4 Å². The van der Waals surface area contributed by atoms with Gasteiger partial charge in [0.25, 0.3) is 11.8 Å². The van der Waals surface area contributed by atoms with Crippen LogP contribution in [0.25, 0.3) is 22.5 Å². The lowest BCUT2D eigenvalue weighted by molar-refractivity contribution is 0.102. The molecule has 9 heteroatoms. The van der Waals surface area contributed by atoms with Crippen molar-refractivity contribution in [1.82, 2.24) is 19.7 Å². The quantitative estimate of drug-likeness (QED) is 0.583. The number of hydrogen-bond acceptors (Lipinski definition) is 7. The monoisotopic (exact) mass is 381 g/mol. The van der Waals surface area contributed by atoms with E-state index >= 15 is 0 Å². The molecule has 0 saturated carbocycles. The van der Waals surface area contributed by atoms with Crippen molar-refractivity contribution in [3.8, 4) is 11.5 Å². The van der Waals surface area contributed by atoms with Crippen LogP contribution in [0.3, 0.4) is 0 Å². The molecule has 0 aliphatic heterocycles. The molecule has 4 aromatic rings. The number of nitrogens with one attached hydrogen (secondary N) is 1. The van der Waals surface area contributed by atoms with Crippen molar-refractivity contribution < 1.29 is 9.21 Å². The molecule has 4 heterocycles. The second-order valence-electron chi connectivity index (χ2n) is 5.86. The van der Waals surface area contributed by atoms with E-state index < -0.39 is 11.3 Å². The molecule has 0 aliphatic carbocycles. The van der Waals surface area contributed by atoms with Gasteiger partial charge >= 0.3 is 6.01 Å². The topological polar surface area (TPSA) is 103 Å². The molecular formula is C18H15N5O3S. The summed E-state index contributed by atoms with van der Waals surface area (Å²) in [5, 5.41) is 14.4. The van der Waals surface area contributed by atoms with Crippen molar-refractivity contribution >= 4 is 34.3 Å². The second kappa shape index (κ2) is 6.76. The highest BCUT2D eigenvalue weighted by Gasteiger charge is 2.18. The van der Waals surface area contributed by atoms with Crippen molar-refractivity contribution in [3.05, 3.63) is 56.6 Å². The Morgan fingerprint density at radius 1 is 1.30 bits per heavy atom. The summed E-state index contributed by atoms with van der Waals surface area (Å²) in [5.41, 5.74) is 1.72. The zero-order valence-electron chi connectivity index (χ0n) is 14.6. The summed E-state index contributed by atoms with van der Waals surface area (Å²) < 4.78 is 7.22. The van der Waals surface area contributed by atoms with Gasteiger partial charge in [-0.05, 0) is 37.4 Å². The lowest BCUT2D eigenvalue weighted by Crippen LogP contribution is -2.24. The summed E-state index contributed by atoms with van der Waals surface area (Å²) in [5.74, 6) is -0.305. The van der Waals surface area contributed by atoms with Gasteiger partial charge in [0.2, 0.25) is 5.43 Å². The summed E-state index contributed by atoms with van der Waals surface area (Å²) in [6.45, 7) is 4.34. The number of amides is 1. The fraction of sp³-hybridized carbons (Fsp3) is 0.167. The molecule has 1 amide bonds. The molecule has 1 N–H and O–H groups in total. The molecule has 27 heavy (non-hydrogen) atoms. The predicted molar refractivity (Wildman–Crippen MR) is 102 cm³/mol.